The van der Waals surface area contributed by atoms with Gasteiger partial charge in [0.05, 0.1) is 16.6 Å². The Hall–Kier alpha value is -3.94. The molecule has 0 bridgehead atoms. The van der Waals surface area contributed by atoms with E-state index < -0.39 is 16.9 Å². The number of halogens is 1. The Morgan fingerprint density at radius 1 is 1.10 bits per heavy atom. The number of carbonyl (C=O) groups excluding carboxylic acids is 3. The molecule has 2 fully saturated rings. The molecule has 2 amide bonds. The minimum Gasteiger partial charge on any atom is -0.490 e. The Morgan fingerprint density at radius 3 is 2.75 bits per heavy atom. The molecule has 4 atom stereocenters. The molecule has 2 saturated heterocycles. The fourth-order valence-electron chi connectivity index (χ4n) is 7.85. The molecular weight excluding hydrogens is 526 g/mol. The first kappa shape index (κ1) is 25.1. The molecular formula is C32H28ClN3O4. The average Bonchev–Trinajstić information content (AvgIpc) is 3.66. The molecule has 0 aromatic heterocycles. The van der Waals surface area contributed by atoms with Crippen LogP contribution in [0.15, 0.2) is 73.3 Å². The van der Waals surface area contributed by atoms with E-state index in [1.165, 1.54) is 0 Å². The highest BCUT2D eigenvalue weighted by atomic mass is 35.5. The molecule has 0 radical (unpaired) electrons. The van der Waals surface area contributed by atoms with Gasteiger partial charge < -0.3 is 15.4 Å². The Kier molecular flexibility index (Phi) is 5.50. The van der Waals surface area contributed by atoms with Gasteiger partial charge in [-0.2, -0.15) is 0 Å². The number of hydrogen-bond acceptors (Lipinski definition) is 5. The SMILES string of the molecule is C=CCOc1cccc(C(=O)[C@@H]2[C@@H]3CCCN3[C@@]3(C(=O)Nc4c(Cl)cc(C)cc43)[C@@]23C(=O)Nc2ccccc23)c1. The molecule has 2 N–H and O–H groups in total. The highest BCUT2D eigenvalue weighted by Gasteiger charge is 2.81. The van der Waals surface area contributed by atoms with Crippen LogP contribution in [0.25, 0.3) is 0 Å². The summed E-state index contributed by atoms with van der Waals surface area (Å²) in [4.78, 5) is 46.0. The third-order valence-corrected chi connectivity index (χ3v) is 9.37. The van der Waals surface area contributed by atoms with Gasteiger partial charge in [0.1, 0.15) is 23.3 Å². The molecule has 7 rings (SSSR count). The summed E-state index contributed by atoms with van der Waals surface area (Å²) in [5.74, 6) is -1.15. The number of para-hydroxylation sites is 1. The van der Waals surface area contributed by atoms with Gasteiger partial charge in [-0.1, -0.05) is 60.7 Å². The number of rotatable bonds is 5. The van der Waals surface area contributed by atoms with Crippen molar-refractivity contribution in [1.82, 2.24) is 4.90 Å². The van der Waals surface area contributed by atoms with Crippen LogP contribution in [0.3, 0.4) is 0 Å². The van der Waals surface area contributed by atoms with Gasteiger partial charge in [-0.05, 0) is 61.7 Å². The normalized spacial score (nSPS) is 27.9. The lowest BCUT2D eigenvalue weighted by Crippen LogP contribution is -2.62. The Morgan fingerprint density at radius 2 is 1.93 bits per heavy atom. The maximum absolute atomic E-state index is 14.8. The minimum absolute atomic E-state index is 0.190. The smallest absolute Gasteiger partial charge is 0.251 e. The number of nitrogens with zero attached hydrogens (tertiary/aromatic N) is 1. The molecule has 4 heterocycles. The van der Waals surface area contributed by atoms with Crippen molar-refractivity contribution >= 4 is 40.6 Å². The molecule has 202 valence electrons. The number of benzene rings is 3. The zero-order valence-corrected chi connectivity index (χ0v) is 22.8. The third-order valence-electron chi connectivity index (χ3n) is 9.07. The highest BCUT2D eigenvalue weighted by molar-refractivity contribution is 6.35. The van der Waals surface area contributed by atoms with Gasteiger partial charge in [-0.15, -0.1) is 0 Å². The first-order chi connectivity index (χ1) is 19.3. The fourth-order valence-corrected chi connectivity index (χ4v) is 8.17. The monoisotopic (exact) mass is 553 g/mol. The van der Waals surface area contributed by atoms with Crippen LogP contribution in [0.2, 0.25) is 5.02 Å². The summed E-state index contributed by atoms with van der Waals surface area (Å²) in [7, 11) is 0. The van der Waals surface area contributed by atoms with E-state index in [2.05, 4.69) is 22.1 Å². The summed E-state index contributed by atoms with van der Waals surface area (Å²) in [6.07, 6.45) is 3.13. The molecule has 7 nitrogen and oxygen atoms in total. The highest BCUT2D eigenvalue weighted by Crippen LogP contribution is 2.68. The van der Waals surface area contributed by atoms with E-state index in [0.717, 1.165) is 12.0 Å². The predicted octanol–water partition coefficient (Wildman–Crippen LogP) is 5.23. The second-order valence-electron chi connectivity index (χ2n) is 11.0. The zero-order chi connectivity index (χ0) is 27.8. The van der Waals surface area contributed by atoms with Gasteiger partial charge in [0.2, 0.25) is 5.91 Å². The number of anilines is 2. The first-order valence-electron chi connectivity index (χ1n) is 13.5. The Bertz CT molecular complexity index is 1640. The topological polar surface area (TPSA) is 87.7 Å². The first-order valence-corrected chi connectivity index (χ1v) is 13.9. The Labute approximate surface area is 237 Å². The summed E-state index contributed by atoms with van der Waals surface area (Å²) in [5.41, 5.74) is 0.781. The van der Waals surface area contributed by atoms with Gasteiger partial charge in [-0.3, -0.25) is 19.3 Å². The van der Waals surface area contributed by atoms with E-state index in [-0.39, 0.29) is 23.6 Å². The van der Waals surface area contributed by atoms with Crippen LogP contribution >= 0.6 is 11.6 Å². The molecule has 4 aliphatic heterocycles. The van der Waals surface area contributed by atoms with Crippen LogP contribution < -0.4 is 15.4 Å². The van der Waals surface area contributed by atoms with Crippen LogP contribution in [-0.4, -0.2) is 41.7 Å². The van der Waals surface area contributed by atoms with Crippen LogP contribution in [0.1, 0.15) is 39.9 Å². The largest absolute Gasteiger partial charge is 0.490 e. The molecule has 8 heteroatoms. The van der Waals surface area contributed by atoms with Crippen LogP contribution in [0.4, 0.5) is 11.4 Å². The predicted molar refractivity (Wildman–Crippen MR) is 153 cm³/mol. The lowest BCUT2D eigenvalue weighted by atomic mass is 9.57. The van der Waals surface area contributed by atoms with Crippen molar-refractivity contribution < 1.29 is 19.1 Å². The number of nitrogens with one attached hydrogen (secondary N) is 2. The summed E-state index contributed by atoms with van der Waals surface area (Å²) in [5, 5.41) is 6.52. The summed E-state index contributed by atoms with van der Waals surface area (Å²) >= 11 is 6.71. The van der Waals surface area contributed by atoms with E-state index >= 15 is 0 Å². The molecule has 4 aliphatic rings. The van der Waals surface area contributed by atoms with Crippen LogP contribution in [-0.2, 0) is 20.5 Å². The number of aryl methyl sites for hydroxylation is 1. The van der Waals surface area contributed by atoms with E-state index in [4.69, 9.17) is 16.3 Å². The van der Waals surface area contributed by atoms with Gasteiger partial charge in [-0.25, -0.2) is 0 Å². The number of fused-ring (bicyclic) bond motifs is 7. The molecule has 2 spiro atoms. The van der Waals surface area contributed by atoms with Crippen molar-refractivity contribution in [2.45, 2.75) is 36.8 Å². The quantitative estimate of drug-likeness (QED) is 0.334. The van der Waals surface area contributed by atoms with Crippen LogP contribution in [0, 0.1) is 12.8 Å². The minimum atomic E-state index is -1.52. The van der Waals surface area contributed by atoms with Crippen molar-refractivity contribution in [3.63, 3.8) is 0 Å². The number of hydrogen-bond donors (Lipinski definition) is 2. The van der Waals surface area contributed by atoms with Gasteiger partial charge in [0, 0.05) is 22.9 Å². The van der Waals surface area contributed by atoms with Gasteiger partial charge >= 0.3 is 0 Å². The number of Topliss-reactive ketones (excluding diaryl/α,β-unsaturated/α-hetero) is 1. The maximum atomic E-state index is 14.8. The molecule has 3 aromatic rings. The fraction of sp³-hybridized carbons (Fsp3) is 0.281. The van der Waals surface area contributed by atoms with E-state index in [1.54, 1.807) is 30.3 Å². The zero-order valence-electron chi connectivity index (χ0n) is 22.0. The molecule has 0 unspecified atom stereocenters. The number of carbonyl (C=O) groups is 3. The molecule has 0 aliphatic carbocycles. The van der Waals surface area contributed by atoms with E-state index in [0.29, 0.717) is 58.4 Å². The van der Waals surface area contributed by atoms with Crippen molar-refractivity contribution in [2.75, 3.05) is 23.8 Å². The number of ketones is 1. The van der Waals surface area contributed by atoms with Gasteiger partial charge in [0.25, 0.3) is 5.91 Å². The molecule has 40 heavy (non-hydrogen) atoms. The van der Waals surface area contributed by atoms with Crippen molar-refractivity contribution in [2.24, 2.45) is 5.92 Å². The van der Waals surface area contributed by atoms with E-state index in [9.17, 15) is 14.4 Å². The second-order valence-corrected chi connectivity index (χ2v) is 11.4. The Balaban J connectivity index is 1.54. The lowest BCUT2D eigenvalue weighted by Gasteiger charge is -2.43. The number of amides is 2. The summed E-state index contributed by atoms with van der Waals surface area (Å²) in [6, 6.07) is 17.9. The van der Waals surface area contributed by atoms with E-state index in [1.807, 2.05) is 43.3 Å². The standard InChI is InChI=1S/C32H28ClN3O4/c1-3-14-40-20-9-6-8-19(17-20)28(37)26-25-12-7-13-36(25)32(22-15-18(2)16-23(33)27(22)35-30(32)39)31(26)21-10-4-5-11-24(21)34-29(31)38/h3-6,8-11,15-17,25-26H,1,7,12-14H2,2H3,(H,34,38)(H,35,39)/t25-,26-,31+,32-/m0/s1. The molecule has 0 saturated carbocycles. The van der Waals surface area contributed by atoms with Gasteiger partial charge in [0.15, 0.2) is 5.78 Å². The molecule has 3 aromatic carbocycles. The summed E-state index contributed by atoms with van der Waals surface area (Å²) < 4.78 is 5.73. The lowest BCUT2D eigenvalue weighted by molar-refractivity contribution is -0.137. The third kappa shape index (κ3) is 2.96. The second kappa shape index (κ2) is 8.78. The summed E-state index contributed by atoms with van der Waals surface area (Å²) in [6.45, 7) is 6.50. The van der Waals surface area contributed by atoms with Crippen molar-refractivity contribution in [3.8, 4) is 5.75 Å². The maximum Gasteiger partial charge on any atom is 0.251 e. The van der Waals surface area contributed by atoms with Crippen molar-refractivity contribution in [3.05, 3.63) is 101 Å². The van der Waals surface area contributed by atoms with Crippen LogP contribution in [0.5, 0.6) is 5.75 Å². The average molecular weight is 554 g/mol. The van der Waals surface area contributed by atoms with Crippen molar-refractivity contribution in [1.29, 1.82) is 0 Å². The number of ether oxygens (including phenoxy) is 1.